The van der Waals surface area contributed by atoms with Gasteiger partial charge in [-0.25, -0.2) is 4.58 Å². The Morgan fingerprint density at radius 3 is 1.86 bits per heavy atom. The molecule has 0 aromatic carbocycles. The molecule has 0 aliphatic carbocycles. The highest BCUT2D eigenvalue weighted by Gasteiger charge is 1.91. The maximum absolute atomic E-state index is 2.16. The third kappa shape index (κ3) is 2.38. The van der Waals surface area contributed by atoms with Crippen LogP contribution in [0.3, 0.4) is 0 Å². The smallest absolute Gasteiger partial charge is 0.148 e. The largest absolute Gasteiger partial charge is 0.243 e. The Hall–Kier alpha value is -0.330. The van der Waals surface area contributed by atoms with Gasteiger partial charge in [-0.15, -0.1) is 0 Å². The van der Waals surface area contributed by atoms with E-state index in [1.165, 1.54) is 5.71 Å². The molecule has 1 heteroatoms. The standard InChI is InChI=1S/C6H14N/c1-5-6(2)7(3)4/h5H2,1-4H3/q+1. The highest BCUT2D eigenvalue weighted by molar-refractivity contribution is 5.76. The molecule has 0 amide bonds. The Kier molecular flexibility index (Phi) is 2.65. The topological polar surface area (TPSA) is 3.01 Å². The summed E-state index contributed by atoms with van der Waals surface area (Å²) >= 11 is 0. The van der Waals surface area contributed by atoms with E-state index in [1.54, 1.807) is 0 Å². The molecule has 0 aliphatic rings. The number of nitrogens with zero attached hydrogens (tertiary/aromatic N) is 1. The maximum Gasteiger partial charge on any atom is 0.148 e. The summed E-state index contributed by atoms with van der Waals surface area (Å²) in [4.78, 5) is 0. The van der Waals surface area contributed by atoms with Crippen molar-refractivity contribution < 1.29 is 4.58 Å². The fourth-order valence-electron chi connectivity index (χ4n) is 0.316. The van der Waals surface area contributed by atoms with Crippen molar-refractivity contribution in [3.8, 4) is 0 Å². The van der Waals surface area contributed by atoms with Crippen LogP contribution in [0.2, 0.25) is 0 Å². The molecule has 1 nitrogen and oxygen atoms in total. The van der Waals surface area contributed by atoms with Crippen molar-refractivity contribution >= 4 is 5.71 Å². The highest BCUT2D eigenvalue weighted by atomic mass is 14.9. The summed E-state index contributed by atoms with van der Waals surface area (Å²) in [7, 11) is 4.14. The first-order valence-electron chi connectivity index (χ1n) is 2.68. The fourth-order valence-corrected chi connectivity index (χ4v) is 0.316. The van der Waals surface area contributed by atoms with Crippen LogP contribution >= 0.6 is 0 Å². The summed E-state index contributed by atoms with van der Waals surface area (Å²) < 4.78 is 2.14. The Balaban J connectivity index is 3.72. The van der Waals surface area contributed by atoms with Gasteiger partial charge in [0.2, 0.25) is 0 Å². The first-order valence-corrected chi connectivity index (χ1v) is 2.68. The molecule has 7 heavy (non-hydrogen) atoms. The van der Waals surface area contributed by atoms with Crippen LogP contribution < -0.4 is 0 Å². The molecule has 0 saturated carbocycles. The van der Waals surface area contributed by atoms with Crippen molar-refractivity contribution in [3.05, 3.63) is 0 Å². The lowest BCUT2D eigenvalue weighted by atomic mass is 10.3. The highest BCUT2D eigenvalue weighted by Crippen LogP contribution is 1.78. The molecule has 0 aromatic heterocycles. The summed E-state index contributed by atoms with van der Waals surface area (Å²) in [6, 6.07) is 0. The van der Waals surface area contributed by atoms with E-state index in [9.17, 15) is 0 Å². The van der Waals surface area contributed by atoms with Crippen molar-refractivity contribution in [2.75, 3.05) is 14.1 Å². The van der Waals surface area contributed by atoms with Crippen LogP contribution in [0.4, 0.5) is 0 Å². The molecule has 0 aromatic rings. The van der Waals surface area contributed by atoms with Gasteiger partial charge in [-0.05, 0) is 0 Å². The minimum absolute atomic E-state index is 1.16. The van der Waals surface area contributed by atoms with E-state index in [-0.39, 0.29) is 0 Å². The summed E-state index contributed by atoms with van der Waals surface area (Å²) in [5, 5.41) is 0. The fraction of sp³-hybridized carbons (Fsp3) is 0.833. The first-order chi connectivity index (χ1) is 3.18. The lowest BCUT2D eigenvalue weighted by Crippen LogP contribution is -2.06. The summed E-state index contributed by atoms with van der Waals surface area (Å²) in [6.07, 6.45) is 1.16. The van der Waals surface area contributed by atoms with Gasteiger partial charge in [-0.3, -0.25) is 0 Å². The minimum Gasteiger partial charge on any atom is -0.243 e. The second-order valence-corrected chi connectivity index (χ2v) is 1.98. The average molecular weight is 100 g/mol. The van der Waals surface area contributed by atoms with Gasteiger partial charge in [0.1, 0.15) is 19.8 Å². The van der Waals surface area contributed by atoms with Gasteiger partial charge < -0.3 is 0 Å². The number of rotatable bonds is 1. The van der Waals surface area contributed by atoms with Gasteiger partial charge in [0.25, 0.3) is 0 Å². The van der Waals surface area contributed by atoms with Crippen LogP contribution in [0.1, 0.15) is 20.3 Å². The lowest BCUT2D eigenvalue weighted by molar-refractivity contribution is -0.466. The van der Waals surface area contributed by atoms with Crippen molar-refractivity contribution in [2.24, 2.45) is 0 Å². The molecule has 0 spiro atoms. The van der Waals surface area contributed by atoms with Crippen LogP contribution in [0.5, 0.6) is 0 Å². The maximum atomic E-state index is 2.16. The van der Waals surface area contributed by atoms with Crippen molar-refractivity contribution in [1.82, 2.24) is 0 Å². The molecule has 0 aliphatic heterocycles. The zero-order valence-electron chi connectivity index (χ0n) is 5.65. The number of hydrogen-bond donors (Lipinski definition) is 0. The SMILES string of the molecule is CCC(C)=[N+](C)C. The van der Waals surface area contributed by atoms with Crippen LogP contribution in [0.25, 0.3) is 0 Å². The van der Waals surface area contributed by atoms with Gasteiger partial charge >= 0.3 is 0 Å². The van der Waals surface area contributed by atoms with Crippen molar-refractivity contribution in [2.45, 2.75) is 20.3 Å². The predicted octanol–water partition coefficient (Wildman–Crippen LogP) is 1.13. The van der Waals surface area contributed by atoms with Crippen molar-refractivity contribution in [3.63, 3.8) is 0 Å². The van der Waals surface area contributed by atoms with Crippen LogP contribution in [-0.2, 0) is 0 Å². The van der Waals surface area contributed by atoms with Gasteiger partial charge in [0, 0.05) is 13.3 Å². The van der Waals surface area contributed by atoms with E-state index in [0.29, 0.717) is 0 Å². The average Bonchev–Trinajstić information content (AvgIpc) is 1.65. The Morgan fingerprint density at radius 1 is 1.43 bits per heavy atom. The van der Waals surface area contributed by atoms with E-state index < -0.39 is 0 Å². The minimum atomic E-state index is 1.16. The Labute approximate surface area is 45.7 Å². The van der Waals surface area contributed by atoms with Crippen LogP contribution in [0.15, 0.2) is 0 Å². The molecule has 0 rings (SSSR count). The molecular formula is C6H14N+. The van der Waals surface area contributed by atoms with Gasteiger partial charge in [-0.2, -0.15) is 0 Å². The monoisotopic (exact) mass is 100 g/mol. The second kappa shape index (κ2) is 2.78. The molecule has 42 valence electrons. The third-order valence-electron chi connectivity index (χ3n) is 1.28. The zero-order valence-corrected chi connectivity index (χ0v) is 5.65. The molecule has 0 unspecified atom stereocenters. The summed E-state index contributed by atoms with van der Waals surface area (Å²) in [6.45, 7) is 4.30. The molecular weight excluding hydrogens is 86.1 g/mol. The third-order valence-corrected chi connectivity index (χ3v) is 1.28. The van der Waals surface area contributed by atoms with Gasteiger partial charge in [-0.1, -0.05) is 6.92 Å². The van der Waals surface area contributed by atoms with E-state index in [2.05, 4.69) is 32.5 Å². The van der Waals surface area contributed by atoms with E-state index in [1.807, 2.05) is 0 Å². The summed E-state index contributed by atoms with van der Waals surface area (Å²) in [5.41, 5.74) is 1.43. The molecule has 0 heterocycles. The normalized spacial score (nSPS) is 8.57. The second-order valence-electron chi connectivity index (χ2n) is 1.98. The van der Waals surface area contributed by atoms with Crippen LogP contribution in [0, 0.1) is 0 Å². The lowest BCUT2D eigenvalue weighted by Gasteiger charge is -1.88. The molecule has 0 atom stereocenters. The van der Waals surface area contributed by atoms with Crippen LogP contribution in [-0.4, -0.2) is 24.4 Å². The Bertz CT molecular complexity index is 78.2. The van der Waals surface area contributed by atoms with Crippen molar-refractivity contribution in [1.29, 1.82) is 0 Å². The predicted molar refractivity (Wildman–Crippen MR) is 33.1 cm³/mol. The quantitative estimate of drug-likeness (QED) is 0.343. The van der Waals surface area contributed by atoms with Gasteiger partial charge in [0.15, 0.2) is 0 Å². The molecule has 0 N–H and O–H groups in total. The summed E-state index contributed by atoms with van der Waals surface area (Å²) in [5.74, 6) is 0. The molecule has 0 fully saturated rings. The van der Waals surface area contributed by atoms with E-state index in [0.717, 1.165) is 6.42 Å². The zero-order chi connectivity index (χ0) is 5.86. The van der Waals surface area contributed by atoms with Gasteiger partial charge in [0.05, 0.1) is 0 Å². The molecule has 0 bridgehead atoms. The Morgan fingerprint density at radius 2 is 1.86 bits per heavy atom. The molecule has 0 radical (unpaired) electrons. The molecule has 0 saturated heterocycles. The van der Waals surface area contributed by atoms with E-state index >= 15 is 0 Å². The first kappa shape index (κ1) is 6.67. The van der Waals surface area contributed by atoms with E-state index in [4.69, 9.17) is 0 Å². The number of hydrogen-bond acceptors (Lipinski definition) is 0.